The van der Waals surface area contributed by atoms with Gasteiger partial charge < -0.3 is 10.2 Å². The minimum atomic E-state index is -0.900. The molecule has 0 bridgehead atoms. The molecular weight excluding hydrogens is 300 g/mol. The van der Waals surface area contributed by atoms with Gasteiger partial charge in [0, 0.05) is 19.1 Å². The van der Waals surface area contributed by atoms with Gasteiger partial charge in [-0.2, -0.15) is 0 Å². The number of hydrogen-bond donors (Lipinski definition) is 2. The maximum Gasteiger partial charge on any atom is 0.159 e. The van der Waals surface area contributed by atoms with E-state index in [0.717, 1.165) is 17.7 Å². The molecule has 0 saturated heterocycles. The highest BCUT2D eigenvalue weighted by molar-refractivity contribution is 5.20. The summed E-state index contributed by atoms with van der Waals surface area (Å²) >= 11 is 0. The second-order valence-electron chi connectivity index (χ2n) is 5.54. The summed E-state index contributed by atoms with van der Waals surface area (Å²) in [7, 11) is 0. The molecule has 23 heavy (non-hydrogen) atoms. The largest absolute Gasteiger partial charge is 0.395 e. The Hall–Kier alpha value is -1.82. The highest BCUT2D eigenvalue weighted by atomic mass is 19.2. The van der Waals surface area contributed by atoms with Crippen LogP contribution in [0.15, 0.2) is 48.5 Å². The van der Waals surface area contributed by atoms with E-state index in [1.807, 2.05) is 42.2 Å². The van der Waals surface area contributed by atoms with E-state index in [-0.39, 0.29) is 12.6 Å². The van der Waals surface area contributed by atoms with Crippen LogP contribution in [0.3, 0.4) is 0 Å². The first-order valence-corrected chi connectivity index (χ1v) is 7.54. The molecule has 3 nitrogen and oxygen atoms in total. The first-order valence-electron chi connectivity index (χ1n) is 7.54. The molecule has 5 heteroatoms. The van der Waals surface area contributed by atoms with Crippen molar-refractivity contribution < 1.29 is 19.0 Å². The summed E-state index contributed by atoms with van der Waals surface area (Å²) in [5.41, 5.74) is 1.36. The van der Waals surface area contributed by atoms with Crippen LogP contribution in [-0.2, 0) is 6.54 Å². The van der Waals surface area contributed by atoms with Crippen molar-refractivity contribution in [1.82, 2.24) is 4.90 Å². The molecule has 0 aliphatic rings. The molecule has 0 aromatic heterocycles. The summed E-state index contributed by atoms with van der Waals surface area (Å²) in [5.74, 6) is -1.79. The second kappa shape index (κ2) is 8.15. The number of hydrogen-bond acceptors (Lipinski definition) is 3. The molecule has 0 aliphatic carbocycles. The predicted molar refractivity (Wildman–Crippen MR) is 84.7 cm³/mol. The average molecular weight is 321 g/mol. The van der Waals surface area contributed by atoms with Crippen molar-refractivity contribution in [1.29, 1.82) is 0 Å². The molecule has 0 saturated carbocycles. The standard InChI is InChI=1S/C18H21F2NO2/c1-13(18(23)15-5-3-2-4-6-15)21(9-10-22)12-14-7-8-16(19)17(20)11-14/h2-8,11,13,18,22-23H,9-10,12H2,1H3. The van der Waals surface area contributed by atoms with Crippen molar-refractivity contribution in [3.05, 3.63) is 71.3 Å². The summed E-state index contributed by atoms with van der Waals surface area (Å²) in [4.78, 5) is 1.84. The minimum Gasteiger partial charge on any atom is -0.395 e. The van der Waals surface area contributed by atoms with Crippen LogP contribution in [0.4, 0.5) is 8.78 Å². The van der Waals surface area contributed by atoms with Crippen LogP contribution in [-0.4, -0.2) is 34.3 Å². The quantitative estimate of drug-likeness (QED) is 0.824. The molecule has 0 fully saturated rings. The van der Waals surface area contributed by atoms with E-state index in [4.69, 9.17) is 0 Å². The van der Waals surface area contributed by atoms with Gasteiger partial charge in [-0.1, -0.05) is 36.4 Å². The molecular formula is C18H21F2NO2. The SMILES string of the molecule is CC(C(O)c1ccccc1)N(CCO)Cc1ccc(F)c(F)c1. The third-order valence-electron chi connectivity index (χ3n) is 3.93. The van der Waals surface area contributed by atoms with E-state index in [2.05, 4.69) is 0 Å². The lowest BCUT2D eigenvalue weighted by Crippen LogP contribution is -2.39. The van der Waals surface area contributed by atoms with E-state index >= 15 is 0 Å². The Kier molecular flexibility index (Phi) is 6.21. The highest BCUT2D eigenvalue weighted by Gasteiger charge is 2.23. The summed E-state index contributed by atoms with van der Waals surface area (Å²) in [6.07, 6.45) is -0.743. The molecule has 0 heterocycles. The predicted octanol–water partition coefficient (Wildman–Crippen LogP) is 2.88. The van der Waals surface area contributed by atoms with Crippen molar-refractivity contribution in [2.75, 3.05) is 13.2 Å². The molecule has 0 amide bonds. The number of nitrogens with zero attached hydrogens (tertiary/aromatic N) is 1. The maximum absolute atomic E-state index is 13.3. The minimum absolute atomic E-state index is 0.0878. The molecule has 2 aromatic rings. The van der Waals surface area contributed by atoms with Gasteiger partial charge >= 0.3 is 0 Å². The van der Waals surface area contributed by atoms with Crippen LogP contribution in [0.1, 0.15) is 24.2 Å². The molecule has 0 radical (unpaired) electrons. The Morgan fingerprint density at radius 3 is 2.35 bits per heavy atom. The van der Waals surface area contributed by atoms with Crippen molar-refractivity contribution >= 4 is 0 Å². The third-order valence-corrected chi connectivity index (χ3v) is 3.93. The smallest absolute Gasteiger partial charge is 0.159 e. The molecule has 2 aromatic carbocycles. The summed E-state index contributed by atoms with van der Waals surface area (Å²) in [6.45, 7) is 2.38. The van der Waals surface area contributed by atoms with Gasteiger partial charge in [-0.25, -0.2) is 8.78 Å². The lowest BCUT2D eigenvalue weighted by atomic mass is 10.0. The summed E-state index contributed by atoms with van der Waals surface area (Å²) in [6, 6.07) is 12.6. The Morgan fingerprint density at radius 2 is 1.74 bits per heavy atom. The van der Waals surface area contributed by atoms with E-state index in [0.29, 0.717) is 18.7 Å². The van der Waals surface area contributed by atoms with Gasteiger partial charge in [-0.15, -0.1) is 0 Å². The first-order chi connectivity index (χ1) is 11.0. The molecule has 2 unspecified atom stereocenters. The monoisotopic (exact) mass is 321 g/mol. The number of aliphatic hydroxyl groups is 2. The van der Waals surface area contributed by atoms with Crippen LogP contribution in [0.5, 0.6) is 0 Å². The Bertz CT molecular complexity index is 622. The molecule has 0 spiro atoms. The van der Waals surface area contributed by atoms with Crippen molar-refractivity contribution in [3.8, 4) is 0 Å². The molecule has 2 N–H and O–H groups in total. The van der Waals surface area contributed by atoms with Gasteiger partial charge in [0.25, 0.3) is 0 Å². The fraction of sp³-hybridized carbons (Fsp3) is 0.333. The Balaban J connectivity index is 2.14. The second-order valence-corrected chi connectivity index (χ2v) is 5.54. The maximum atomic E-state index is 13.3. The fourth-order valence-electron chi connectivity index (χ4n) is 2.56. The number of benzene rings is 2. The van der Waals surface area contributed by atoms with Gasteiger partial charge in [0.05, 0.1) is 12.7 Å². The van der Waals surface area contributed by atoms with Crippen molar-refractivity contribution in [2.24, 2.45) is 0 Å². The Labute approximate surface area is 134 Å². The summed E-state index contributed by atoms with van der Waals surface area (Å²) < 4.78 is 26.4. The van der Waals surface area contributed by atoms with E-state index in [1.54, 1.807) is 0 Å². The number of aliphatic hydroxyl groups excluding tert-OH is 2. The average Bonchev–Trinajstić information content (AvgIpc) is 2.57. The molecule has 0 aliphatic heterocycles. The van der Waals surface area contributed by atoms with Crippen LogP contribution >= 0.6 is 0 Å². The van der Waals surface area contributed by atoms with Gasteiger partial charge in [0.2, 0.25) is 0 Å². The third kappa shape index (κ3) is 4.58. The van der Waals surface area contributed by atoms with E-state index in [9.17, 15) is 19.0 Å². The molecule has 2 atom stereocenters. The fourth-order valence-corrected chi connectivity index (χ4v) is 2.56. The van der Waals surface area contributed by atoms with Gasteiger partial charge in [0.1, 0.15) is 0 Å². The number of rotatable bonds is 7. The van der Waals surface area contributed by atoms with E-state index < -0.39 is 17.7 Å². The molecule has 2 rings (SSSR count). The van der Waals surface area contributed by atoms with Crippen LogP contribution in [0, 0.1) is 11.6 Å². The topological polar surface area (TPSA) is 43.7 Å². The van der Waals surface area contributed by atoms with Gasteiger partial charge in [0.15, 0.2) is 11.6 Å². The zero-order valence-corrected chi connectivity index (χ0v) is 13.0. The zero-order chi connectivity index (χ0) is 16.8. The zero-order valence-electron chi connectivity index (χ0n) is 13.0. The van der Waals surface area contributed by atoms with Crippen molar-refractivity contribution in [3.63, 3.8) is 0 Å². The number of halogens is 2. The van der Waals surface area contributed by atoms with Crippen LogP contribution < -0.4 is 0 Å². The van der Waals surface area contributed by atoms with Gasteiger partial charge in [-0.3, -0.25) is 4.90 Å². The van der Waals surface area contributed by atoms with E-state index in [1.165, 1.54) is 6.07 Å². The Morgan fingerprint density at radius 1 is 1.04 bits per heavy atom. The molecule has 124 valence electrons. The summed E-state index contributed by atoms with van der Waals surface area (Å²) in [5, 5.41) is 19.8. The van der Waals surface area contributed by atoms with Crippen molar-refractivity contribution in [2.45, 2.75) is 25.6 Å². The highest BCUT2D eigenvalue weighted by Crippen LogP contribution is 2.22. The van der Waals surface area contributed by atoms with Gasteiger partial charge in [-0.05, 0) is 30.2 Å². The lowest BCUT2D eigenvalue weighted by Gasteiger charge is -2.32. The lowest BCUT2D eigenvalue weighted by molar-refractivity contribution is 0.0431. The van der Waals surface area contributed by atoms with Crippen LogP contribution in [0.25, 0.3) is 0 Å². The first kappa shape index (κ1) is 17.5. The normalized spacial score (nSPS) is 14.0. The van der Waals surface area contributed by atoms with Crippen LogP contribution in [0.2, 0.25) is 0 Å².